The number of aryl methyl sites for hydroxylation is 1. The molecule has 1 amide bonds. The molecule has 1 aliphatic heterocycles. The van der Waals surface area contributed by atoms with Crippen LogP contribution in [0.4, 0.5) is 0 Å². The number of rotatable bonds is 2. The number of primary amides is 1. The number of sulfone groups is 1. The molecule has 0 saturated carbocycles. The Balaban J connectivity index is 2.24. The predicted octanol–water partition coefficient (Wildman–Crippen LogP) is 1.03. The standard InChI is InChI=1S/C14H17N3O3S/c1-8-12(13(15)18)16-11-6-4-5-10(17(8)11)9-7-21(19,20)14(9,2)3/h4-6,9H,7H2,1-3H3,(H2,15,18). The molecule has 3 heterocycles. The number of aromatic nitrogens is 2. The zero-order valence-electron chi connectivity index (χ0n) is 12.1. The third-order valence-corrected chi connectivity index (χ3v) is 7.18. The fourth-order valence-corrected chi connectivity index (χ4v) is 4.76. The minimum Gasteiger partial charge on any atom is -0.364 e. The lowest BCUT2D eigenvalue weighted by Gasteiger charge is -2.43. The highest BCUT2D eigenvalue weighted by molar-refractivity contribution is 7.94. The van der Waals surface area contributed by atoms with Crippen molar-refractivity contribution in [1.82, 2.24) is 9.38 Å². The minimum atomic E-state index is -3.07. The van der Waals surface area contributed by atoms with Gasteiger partial charge in [-0.3, -0.25) is 4.79 Å². The molecule has 3 rings (SSSR count). The lowest BCUT2D eigenvalue weighted by atomic mass is 9.91. The molecule has 2 N–H and O–H groups in total. The van der Waals surface area contributed by atoms with Gasteiger partial charge in [-0.25, -0.2) is 13.4 Å². The van der Waals surface area contributed by atoms with Crippen LogP contribution in [0.3, 0.4) is 0 Å². The molecule has 1 aliphatic rings. The number of hydrogen-bond donors (Lipinski definition) is 1. The molecule has 1 saturated heterocycles. The van der Waals surface area contributed by atoms with Crippen molar-refractivity contribution in [3.8, 4) is 0 Å². The molecular formula is C14H17N3O3S. The normalized spacial score (nSPS) is 22.9. The van der Waals surface area contributed by atoms with Gasteiger partial charge >= 0.3 is 0 Å². The third kappa shape index (κ3) is 1.73. The summed E-state index contributed by atoms with van der Waals surface area (Å²) in [6.45, 7) is 5.23. The highest BCUT2D eigenvalue weighted by Crippen LogP contribution is 2.46. The summed E-state index contributed by atoms with van der Waals surface area (Å²) in [6.07, 6.45) is 0. The molecule has 0 bridgehead atoms. The number of carbonyl (C=O) groups is 1. The summed E-state index contributed by atoms with van der Waals surface area (Å²) >= 11 is 0. The van der Waals surface area contributed by atoms with Gasteiger partial charge in [0.25, 0.3) is 5.91 Å². The first-order valence-corrected chi connectivity index (χ1v) is 8.32. The van der Waals surface area contributed by atoms with Crippen LogP contribution in [0.5, 0.6) is 0 Å². The van der Waals surface area contributed by atoms with Gasteiger partial charge in [0.1, 0.15) is 11.3 Å². The minimum absolute atomic E-state index is 0.114. The summed E-state index contributed by atoms with van der Waals surface area (Å²) in [6, 6.07) is 5.49. The second kappa shape index (κ2) is 4.07. The molecule has 0 spiro atoms. The molecule has 21 heavy (non-hydrogen) atoms. The Morgan fingerprint density at radius 1 is 1.43 bits per heavy atom. The zero-order chi connectivity index (χ0) is 15.6. The van der Waals surface area contributed by atoms with E-state index in [2.05, 4.69) is 4.98 Å². The summed E-state index contributed by atoms with van der Waals surface area (Å²) in [5.41, 5.74) is 7.67. The molecule has 0 aromatic carbocycles. The van der Waals surface area contributed by atoms with Crippen LogP contribution >= 0.6 is 0 Å². The van der Waals surface area contributed by atoms with Crippen molar-refractivity contribution in [2.75, 3.05) is 5.75 Å². The fourth-order valence-electron chi connectivity index (χ4n) is 2.97. The molecular weight excluding hydrogens is 290 g/mol. The van der Waals surface area contributed by atoms with Crippen molar-refractivity contribution in [3.05, 3.63) is 35.3 Å². The van der Waals surface area contributed by atoms with Crippen LogP contribution in [-0.2, 0) is 9.84 Å². The van der Waals surface area contributed by atoms with E-state index in [0.29, 0.717) is 11.3 Å². The monoisotopic (exact) mass is 307 g/mol. The first kappa shape index (κ1) is 14.1. The van der Waals surface area contributed by atoms with Gasteiger partial charge in [0.05, 0.1) is 16.2 Å². The van der Waals surface area contributed by atoms with E-state index in [1.807, 2.05) is 16.5 Å². The maximum atomic E-state index is 12.0. The molecule has 1 atom stereocenters. The Kier molecular flexibility index (Phi) is 2.72. The number of imidazole rings is 1. The predicted molar refractivity (Wildman–Crippen MR) is 79.1 cm³/mol. The highest BCUT2D eigenvalue weighted by atomic mass is 32.2. The zero-order valence-corrected chi connectivity index (χ0v) is 12.9. The van der Waals surface area contributed by atoms with Gasteiger partial charge in [-0.1, -0.05) is 6.07 Å². The van der Waals surface area contributed by atoms with Crippen molar-refractivity contribution in [3.63, 3.8) is 0 Å². The fraction of sp³-hybridized carbons (Fsp3) is 0.429. The van der Waals surface area contributed by atoms with E-state index in [0.717, 1.165) is 5.69 Å². The van der Waals surface area contributed by atoms with Crippen molar-refractivity contribution >= 4 is 21.4 Å². The first-order chi connectivity index (χ1) is 9.67. The molecule has 1 unspecified atom stereocenters. The molecule has 0 aliphatic carbocycles. The van der Waals surface area contributed by atoms with Crippen molar-refractivity contribution in [1.29, 1.82) is 0 Å². The lowest BCUT2D eigenvalue weighted by molar-refractivity contribution is 0.0995. The summed E-state index contributed by atoms with van der Waals surface area (Å²) in [5.74, 6) is -0.592. The number of pyridine rings is 1. The second-order valence-electron chi connectivity index (χ2n) is 5.99. The number of amides is 1. The molecule has 0 radical (unpaired) electrons. The van der Waals surface area contributed by atoms with E-state index >= 15 is 0 Å². The van der Waals surface area contributed by atoms with Gasteiger partial charge in [0, 0.05) is 11.6 Å². The molecule has 2 aromatic heterocycles. The van der Waals surface area contributed by atoms with Crippen LogP contribution in [0.15, 0.2) is 18.2 Å². The lowest BCUT2D eigenvalue weighted by Crippen LogP contribution is -2.54. The molecule has 112 valence electrons. The Morgan fingerprint density at radius 2 is 2.10 bits per heavy atom. The number of hydrogen-bond acceptors (Lipinski definition) is 4. The van der Waals surface area contributed by atoms with Crippen LogP contribution in [0.2, 0.25) is 0 Å². The largest absolute Gasteiger partial charge is 0.364 e. The maximum absolute atomic E-state index is 12.0. The van der Waals surface area contributed by atoms with Gasteiger partial charge in [-0.15, -0.1) is 0 Å². The molecule has 2 aromatic rings. The Hall–Kier alpha value is -1.89. The van der Waals surface area contributed by atoms with Crippen molar-refractivity contribution in [2.45, 2.75) is 31.4 Å². The second-order valence-corrected chi connectivity index (χ2v) is 8.61. The van der Waals surface area contributed by atoms with E-state index in [1.54, 1.807) is 26.8 Å². The smallest absolute Gasteiger partial charge is 0.269 e. The summed E-state index contributed by atoms with van der Waals surface area (Å²) in [4.78, 5) is 15.7. The van der Waals surface area contributed by atoms with Gasteiger partial charge in [-0.05, 0) is 32.9 Å². The van der Waals surface area contributed by atoms with Crippen LogP contribution in [0, 0.1) is 6.92 Å². The average molecular weight is 307 g/mol. The summed E-state index contributed by atoms with van der Waals surface area (Å²) in [7, 11) is -3.07. The topological polar surface area (TPSA) is 94.5 Å². The van der Waals surface area contributed by atoms with Crippen LogP contribution in [-0.4, -0.2) is 34.2 Å². The summed E-state index contributed by atoms with van der Waals surface area (Å²) in [5, 5.41) is 0. The van der Waals surface area contributed by atoms with Gasteiger partial charge < -0.3 is 10.1 Å². The van der Waals surface area contributed by atoms with Gasteiger partial charge in [0.15, 0.2) is 9.84 Å². The quantitative estimate of drug-likeness (QED) is 0.896. The van der Waals surface area contributed by atoms with E-state index in [4.69, 9.17) is 5.73 Å². The first-order valence-electron chi connectivity index (χ1n) is 6.67. The van der Waals surface area contributed by atoms with Crippen LogP contribution < -0.4 is 5.73 Å². The Bertz CT molecular complexity index is 865. The van der Waals surface area contributed by atoms with Crippen molar-refractivity contribution in [2.24, 2.45) is 5.73 Å². The Labute approximate surface area is 122 Å². The van der Waals surface area contributed by atoms with E-state index in [1.165, 1.54) is 0 Å². The molecule has 1 fully saturated rings. The maximum Gasteiger partial charge on any atom is 0.269 e. The van der Waals surface area contributed by atoms with E-state index < -0.39 is 20.5 Å². The van der Waals surface area contributed by atoms with Crippen molar-refractivity contribution < 1.29 is 13.2 Å². The summed E-state index contributed by atoms with van der Waals surface area (Å²) < 4.78 is 24.9. The van der Waals surface area contributed by atoms with Gasteiger partial charge in [0.2, 0.25) is 0 Å². The highest BCUT2D eigenvalue weighted by Gasteiger charge is 2.54. The van der Waals surface area contributed by atoms with E-state index in [9.17, 15) is 13.2 Å². The SMILES string of the molecule is Cc1c(C(N)=O)nc2cccc(C3CS(=O)(=O)C3(C)C)n12. The molecule has 6 nitrogen and oxygen atoms in total. The molecule has 7 heteroatoms. The number of fused-ring (bicyclic) bond motifs is 1. The van der Waals surface area contributed by atoms with Crippen LogP contribution in [0.25, 0.3) is 5.65 Å². The van der Waals surface area contributed by atoms with E-state index in [-0.39, 0.29) is 17.4 Å². The number of nitrogens with two attached hydrogens (primary N) is 1. The number of carbonyl (C=O) groups excluding carboxylic acids is 1. The average Bonchev–Trinajstić information content (AvgIpc) is 2.74. The number of nitrogens with zero attached hydrogens (tertiary/aromatic N) is 2. The van der Waals surface area contributed by atoms with Gasteiger partial charge in [-0.2, -0.15) is 0 Å². The Morgan fingerprint density at radius 3 is 2.62 bits per heavy atom. The third-order valence-electron chi connectivity index (χ3n) is 4.52. The van der Waals surface area contributed by atoms with Crippen LogP contribution in [0.1, 0.15) is 41.6 Å².